The fourth-order valence-electron chi connectivity index (χ4n) is 1.80. The highest BCUT2D eigenvalue weighted by Crippen LogP contribution is 2.11. The van der Waals surface area contributed by atoms with Crippen molar-refractivity contribution in [3.05, 3.63) is 34.9 Å². The lowest BCUT2D eigenvalue weighted by Crippen LogP contribution is -2.33. The molecule has 0 spiro atoms. The van der Waals surface area contributed by atoms with Crippen LogP contribution in [0.15, 0.2) is 18.2 Å². The maximum absolute atomic E-state index is 12.0. The van der Waals surface area contributed by atoms with E-state index in [2.05, 4.69) is 5.32 Å². The van der Waals surface area contributed by atoms with Crippen LogP contribution in [0.3, 0.4) is 0 Å². The molecule has 0 aliphatic heterocycles. The molecule has 1 amide bonds. The van der Waals surface area contributed by atoms with Gasteiger partial charge in [0.1, 0.15) is 0 Å². The summed E-state index contributed by atoms with van der Waals surface area (Å²) in [5, 5.41) is 11.9. The number of carboxylic acids is 1. The summed E-state index contributed by atoms with van der Waals surface area (Å²) in [5.74, 6) is -1.23. The van der Waals surface area contributed by atoms with Crippen LogP contribution in [0.5, 0.6) is 0 Å². The van der Waals surface area contributed by atoms with Crippen LogP contribution in [0, 0.1) is 6.92 Å². The van der Waals surface area contributed by atoms with E-state index in [1.165, 1.54) is 6.07 Å². The number of benzene rings is 1. The highest BCUT2D eigenvalue weighted by molar-refractivity contribution is 5.97. The Kier molecular flexibility index (Phi) is 4.89. The van der Waals surface area contributed by atoms with Crippen LogP contribution in [0.25, 0.3) is 0 Å². The molecule has 0 saturated carbocycles. The van der Waals surface area contributed by atoms with Crippen LogP contribution in [0.1, 0.15) is 53.0 Å². The first kappa shape index (κ1) is 14.2. The summed E-state index contributed by atoms with van der Waals surface area (Å²) >= 11 is 0. The number of hydrogen-bond acceptors (Lipinski definition) is 2. The number of carbonyl (C=O) groups is 2. The molecule has 18 heavy (non-hydrogen) atoms. The maximum Gasteiger partial charge on any atom is 0.335 e. The van der Waals surface area contributed by atoms with E-state index in [-0.39, 0.29) is 17.5 Å². The number of nitrogens with one attached hydrogen (secondary N) is 1. The minimum atomic E-state index is -1.02. The van der Waals surface area contributed by atoms with Crippen molar-refractivity contribution in [3.63, 3.8) is 0 Å². The highest BCUT2D eigenvalue weighted by atomic mass is 16.4. The Bertz CT molecular complexity index is 450. The van der Waals surface area contributed by atoms with Gasteiger partial charge in [-0.05, 0) is 43.5 Å². The Hall–Kier alpha value is -1.84. The molecule has 0 unspecified atom stereocenters. The van der Waals surface area contributed by atoms with Gasteiger partial charge in [-0.3, -0.25) is 4.79 Å². The minimum absolute atomic E-state index is 0.131. The molecule has 1 aromatic carbocycles. The minimum Gasteiger partial charge on any atom is -0.478 e. The number of carbonyl (C=O) groups excluding carboxylic acids is 1. The van der Waals surface area contributed by atoms with Crippen molar-refractivity contribution in [2.45, 2.75) is 39.7 Å². The molecule has 2 N–H and O–H groups in total. The molecule has 0 aliphatic rings. The first-order valence-electron chi connectivity index (χ1n) is 6.13. The van der Waals surface area contributed by atoms with Gasteiger partial charge in [0.25, 0.3) is 5.91 Å². The van der Waals surface area contributed by atoms with Crippen LogP contribution in [0.4, 0.5) is 0 Å². The maximum atomic E-state index is 12.0. The van der Waals surface area contributed by atoms with Crippen LogP contribution in [-0.4, -0.2) is 23.0 Å². The van der Waals surface area contributed by atoms with Crippen molar-refractivity contribution in [3.8, 4) is 0 Å². The summed E-state index contributed by atoms with van der Waals surface area (Å²) in [7, 11) is 0. The van der Waals surface area contributed by atoms with Gasteiger partial charge >= 0.3 is 5.97 Å². The summed E-state index contributed by atoms with van der Waals surface area (Å²) in [6.45, 7) is 5.79. The molecule has 0 aliphatic carbocycles. The third-order valence-corrected chi connectivity index (χ3v) is 2.91. The quantitative estimate of drug-likeness (QED) is 0.843. The highest BCUT2D eigenvalue weighted by Gasteiger charge is 2.13. The lowest BCUT2D eigenvalue weighted by Gasteiger charge is -2.15. The topological polar surface area (TPSA) is 66.4 Å². The van der Waals surface area contributed by atoms with Gasteiger partial charge in [0, 0.05) is 11.6 Å². The second-order valence-corrected chi connectivity index (χ2v) is 4.38. The second kappa shape index (κ2) is 6.19. The Morgan fingerprint density at radius 2 is 1.72 bits per heavy atom. The van der Waals surface area contributed by atoms with Crippen LogP contribution in [-0.2, 0) is 0 Å². The van der Waals surface area contributed by atoms with E-state index in [9.17, 15) is 9.59 Å². The van der Waals surface area contributed by atoms with E-state index in [4.69, 9.17) is 5.11 Å². The zero-order chi connectivity index (χ0) is 13.7. The van der Waals surface area contributed by atoms with Crippen molar-refractivity contribution < 1.29 is 14.7 Å². The van der Waals surface area contributed by atoms with E-state index < -0.39 is 5.97 Å². The first-order chi connectivity index (χ1) is 8.47. The smallest absolute Gasteiger partial charge is 0.335 e. The van der Waals surface area contributed by atoms with E-state index in [1.54, 1.807) is 19.1 Å². The second-order valence-electron chi connectivity index (χ2n) is 4.38. The summed E-state index contributed by atoms with van der Waals surface area (Å²) in [5.41, 5.74) is 1.31. The van der Waals surface area contributed by atoms with Gasteiger partial charge in [0.2, 0.25) is 0 Å². The predicted molar refractivity (Wildman–Crippen MR) is 70.0 cm³/mol. The number of carboxylic acid groups (broad SMARTS) is 1. The van der Waals surface area contributed by atoms with E-state index in [1.807, 2.05) is 13.8 Å². The zero-order valence-corrected chi connectivity index (χ0v) is 11.0. The van der Waals surface area contributed by atoms with Gasteiger partial charge in [0.15, 0.2) is 0 Å². The van der Waals surface area contributed by atoms with Crippen molar-refractivity contribution in [2.75, 3.05) is 0 Å². The summed E-state index contributed by atoms with van der Waals surface area (Å²) in [6.07, 6.45) is 1.72. The van der Waals surface area contributed by atoms with E-state index >= 15 is 0 Å². The predicted octanol–water partition coefficient (Wildman–Crippen LogP) is 2.61. The Morgan fingerprint density at radius 3 is 2.22 bits per heavy atom. The number of aryl methyl sites for hydroxylation is 1. The summed E-state index contributed by atoms with van der Waals surface area (Å²) in [4.78, 5) is 22.9. The van der Waals surface area contributed by atoms with Gasteiger partial charge in [-0.1, -0.05) is 13.8 Å². The fraction of sp³-hybridized carbons (Fsp3) is 0.429. The summed E-state index contributed by atoms with van der Waals surface area (Å²) in [6, 6.07) is 4.79. The van der Waals surface area contributed by atoms with Gasteiger partial charge in [-0.15, -0.1) is 0 Å². The molecule has 4 heteroatoms. The van der Waals surface area contributed by atoms with Crippen LogP contribution >= 0.6 is 0 Å². The molecule has 1 aromatic rings. The molecule has 0 radical (unpaired) electrons. The number of amides is 1. The van der Waals surface area contributed by atoms with Gasteiger partial charge in [-0.25, -0.2) is 4.79 Å². The van der Waals surface area contributed by atoms with Gasteiger partial charge in [0.05, 0.1) is 5.56 Å². The standard InChI is InChI=1S/C14H19NO3/c1-4-12(5-2)15-13(16)10-6-9(3)7-11(8-10)14(17)18/h6-8,12H,4-5H2,1-3H3,(H,15,16)(H,17,18). The van der Waals surface area contributed by atoms with Crippen LogP contribution < -0.4 is 5.32 Å². The Morgan fingerprint density at radius 1 is 1.17 bits per heavy atom. The Balaban J connectivity index is 2.95. The molecular weight excluding hydrogens is 230 g/mol. The van der Waals surface area contributed by atoms with Crippen molar-refractivity contribution in [2.24, 2.45) is 0 Å². The normalized spacial score (nSPS) is 10.4. The molecule has 98 valence electrons. The molecule has 4 nitrogen and oxygen atoms in total. The molecule has 0 atom stereocenters. The Labute approximate surface area is 107 Å². The number of aromatic carboxylic acids is 1. The molecular formula is C14H19NO3. The first-order valence-corrected chi connectivity index (χ1v) is 6.13. The monoisotopic (exact) mass is 249 g/mol. The van der Waals surface area contributed by atoms with Gasteiger partial charge < -0.3 is 10.4 Å². The largest absolute Gasteiger partial charge is 0.478 e. The SMILES string of the molecule is CCC(CC)NC(=O)c1cc(C)cc(C(=O)O)c1. The van der Waals surface area contributed by atoms with Crippen molar-refractivity contribution >= 4 is 11.9 Å². The summed E-state index contributed by atoms with van der Waals surface area (Å²) < 4.78 is 0. The third-order valence-electron chi connectivity index (χ3n) is 2.91. The van der Waals surface area contributed by atoms with Crippen molar-refractivity contribution in [1.29, 1.82) is 0 Å². The molecule has 0 heterocycles. The van der Waals surface area contributed by atoms with Gasteiger partial charge in [-0.2, -0.15) is 0 Å². The molecule has 0 saturated heterocycles. The van der Waals surface area contributed by atoms with E-state index in [0.717, 1.165) is 18.4 Å². The zero-order valence-electron chi connectivity index (χ0n) is 11.0. The lowest BCUT2D eigenvalue weighted by atomic mass is 10.1. The number of hydrogen-bond donors (Lipinski definition) is 2. The lowest BCUT2D eigenvalue weighted by molar-refractivity contribution is 0.0696. The van der Waals surface area contributed by atoms with E-state index in [0.29, 0.717) is 5.56 Å². The molecule has 0 aromatic heterocycles. The number of rotatable bonds is 5. The average molecular weight is 249 g/mol. The fourth-order valence-corrected chi connectivity index (χ4v) is 1.80. The molecule has 1 rings (SSSR count). The van der Waals surface area contributed by atoms with Crippen molar-refractivity contribution in [1.82, 2.24) is 5.32 Å². The molecule has 0 fully saturated rings. The average Bonchev–Trinajstić information content (AvgIpc) is 2.34. The van der Waals surface area contributed by atoms with Crippen LogP contribution in [0.2, 0.25) is 0 Å². The molecule has 0 bridgehead atoms. The third kappa shape index (κ3) is 3.58.